The van der Waals surface area contributed by atoms with E-state index in [9.17, 15) is 4.79 Å². The van der Waals surface area contributed by atoms with E-state index in [0.717, 1.165) is 12.8 Å². The molecule has 0 aromatic heterocycles. The normalized spacial score (nSPS) is 12.4. The van der Waals surface area contributed by atoms with Crippen molar-refractivity contribution in [2.24, 2.45) is 5.92 Å². The lowest BCUT2D eigenvalue weighted by Crippen LogP contribution is -2.21. The van der Waals surface area contributed by atoms with E-state index in [-0.39, 0.29) is 18.0 Å². The Kier molecular flexibility index (Phi) is 29.6. The van der Waals surface area contributed by atoms with Crippen LogP contribution in [0.5, 0.6) is 0 Å². The number of carbonyl (C=O) groups excluding carboxylic acids is 1. The van der Waals surface area contributed by atoms with Gasteiger partial charge in [-0.15, -0.1) is 0 Å². The van der Waals surface area contributed by atoms with Gasteiger partial charge in [-0.2, -0.15) is 0 Å². The highest BCUT2D eigenvalue weighted by Gasteiger charge is 2.20. The van der Waals surface area contributed by atoms with Crippen LogP contribution in [-0.2, 0) is 9.53 Å². The molecule has 0 heterocycles. The van der Waals surface area contributed by atoms with Crippen molar-refractivity contribution in [2.45, 2.75) is 214 Å². The van der Waals surface area contributed by atoms with Crippen LogP contribution in [-0.4, -0.2) is 12.1 Å². The van der Waals surface area contributed by atoms with E-state index < -0.39 is 0 Å². The Labute approximate surface area is 234 Å². The third-order valence-electron chi connectivity index (χ3n) is 8.00. The highest BCUT2D eigenvalue weighted by Crippen LogP contribution is 2.22. The minimum atomic E-state index is 0.00770. The first-order valence-electron chi connectivity index (χ1n) is 17.3. The molecule has 0 aliphatic carbocycles. The van der Waals surface area contributed by atoms with Crippen molar-refractivity contribution >= 4 is 5.97 Å². The maximum Gasteiger partial charge on any atom is 0.309 e. The van der Waals surface area contributed by atoms with Crippen molar-refractivity contribution < 1.29 is 9.53 Å². The molecule has 0 bridgehead atoms. The lowest BCUT2D eigenvalue weighted by Gasteiger charge is -2.18. The largest absolute Gasteiger partial charge is 0.463 e. The summed E-state index contributed by atoms with van der Waals surface area (Å²) in [6, 6.07) is 0. The Morgan fingerprint density at radius 2 is 0.676 bits per heavy atom. The number of carbonyl (C=O) groups is 1. The van der Waals surface area contributed by atoms with Crippen LogP contribution < -0.4 is 0 Å². The van der Waals surface area contributed by atoms with Crippen LogP contribution in [0.2, 0.25) is 0 Å². The van der Waals surface area contributed by atoms with E-state index in [0.29, 0.717) is 0 Å². The van der Waals surface area contributed by atoms with Crippen LogP contribution in [0.15, 0.2) is 0 Å². The standard InChI is InChI=1S/C35H70O2/c1-5-7-9-11-13-15-17-19-20-22-24-26-28-30-32-34(35(36)37-33(3)4)31-29-27-25-23-21-18-16-14-12-10-8-6-2/h33-34H,5-32H2,1-4H3. The lowest BCUT2D eigenvalue weighted by atomic mass is 9.94. The Hall–Kier alpha value is -0.530. The maximum atomic E-state index is 12.6. The predicted octanol–water partition coefficient (Wildman–Crippen LogP) is 12.5. The number of esters is 1. The predicted molar refractivity (Wildman–Crippen MR) is 165 cm³/mol. The average molecular weight is 523 g/mol. The molecule has 37 heavy (non-hydrogen) atoms. The zero-order valence-corrected chi connectivity index (χ0v) is 26.3. The summed E-state index contributed by atoms with van der Waals surface area (Å²) >= 11 is 0. The van der Waals surface area contributed by atoms with Gasteiger partial charge in [-0.3, -0.25) is 4.79 Å². The Balaban J connectivity index is 3.74. The molecule has 1 atom stereocenters. The monoisotopic (exact) mass is 523 g/mol. The SMILES string of the molecule is CCCCCCCCCCCCCCCCC(CCCCCCCCCCCCCC)C(=O)OC(C)C. The minimum absolute atomic E-state index is 0.00770. The summed E-state index contributed by atoms with van der Waals surface area (Å²) in [5.41, 5.74) is 0. The smallest absolute Gasteiger partial charge is 0.309 e. The summed E-state index contributed by atoms with van der Waals surface area (Å²) < 4.78 is 5.60. The number of rotatable bonds is 30. The van der Waals surface area contributed by atoms with Gasteiger partial charge < -0.3 is 4.74 Å². The molecule has 0 fully saturated rings. The van der Waals surface area contributed by atoms with Crippen molar-refractivity contribution in [3.8, 4) is 0 Å². The van der Waals surface area contributed by atoms with E-state index in [1.807, 2.05) is 13.8 Å². The second-order valence-electron chi connectivity index (χ2n) is 12.2. The van der Waals surface area contributed by atoms with Crippen LogP contribution in [0.25, 0.3) is 0 Å². The van der Waals surface area contributed by atoms with Gasteiger partial charge in [-0.1, -0.05) is 181 Å². The van der Waals surface area contributed by atoms with Crippen LogP contribution in [0, 0.1) is 5.92 Å². The van der Waals surface area contributed by atoms with Gasteiger partial charge in [-0.05, 0) is 26.7 Å². The summed E-state index contributed by atoms with van der Waals surface area (Å²) in [6.45, 7) is 8.53. The zero-order valence-electron chi connectivity index (χ0n) is 26.3. The third-order valence-corrected chi connectivity index (χ3v) is 8.00. The fourth-order valence-electron chi connectivity index (χ4n) is 5.53. The first kappa shape index (κ1) is 36.5. The van der Waals surface area contributed by atoms with Gasteiger partial charge in [0, 0.05) is 0 Å². The molecule has 2 nitrogen and oxygen atoms in total. The molecule has 0 aromatic rings. The molecule has 222 valence electrons. The van der Waals surface area contributed by atoms with Crippen LogP contribution in [0.4, 0.5) is 0 Å². The van der Waals surface area contributed by atoms with Crippen molar-refractivity contribution in [1.82, 2.24) is 0 Å². The molecule has 0 N–H and O–H groups in total. The number of hydrogen-bond acceptors (Lipinski definition) is 2. The zero-order chi connectivity index (χ0) is 27.2. The highest BCUT2D eigenvalue weighted by atomic mass is 16.5. The van der Waals surface area contributed by atoms with Crippen molar-refractivity contribution in [2.75, 3.05) is 0 Å². The average Bonchev–Trinajstić information content (AvgIpc) is 2.87. The molecule has 1 unspecified atom stereocenters. The molecular formula is C35H70O2. The van der Waals surface area contributed by atoms with Gasteiger partial charge >= 0.3 is 5.97 Å². The second-order valence-corrected chi connectivity index (χ2v) is 12.2. The number of hydrogen-bond donors (Lipinski definition) is 0. The molecule has 0 aromatic carbocycles. The molecule has 0 rings (SSSR count). The van der Waals surface area contributed by atoms with Crippen LogP contribution in [0.1, 0.15) is 207 Å². The van der Waals surface area contributed by atoms with Gasteiger partial charge in [0.2, 0.25) is 0 Å². The van der Waals surface area contributed by atoms with E-state index in [4.69, 9.17) is 4.74 Å². The summed E-state index contributed by atoms with van der Waals surface area (Å²) in [6.07, 6.45) is 37.9. The van der Waals surface area contributed by atoms with Crippen molar-refractivity contribution in [1.29, 1.82) is 0 Å². The Morgan fingerprint density at radius 1 is 0.432 bits per heavy atom. The van der Waals surface area contributed by atoms with Gasteiger partial charge in [0.1, 0.15) is 0 Å². The van der Waals surface area contributed by atoms with Crippen LogP contribution >= 0.6 is 0 Å². The topological polar surface area (TPSA) is 26.3 Å². The third kappa shape index (κ3) is 28.3. The second kappa shape index (κ2) is 30.0. The molecule has 0 spiro atoms. The summed E-state index contributed by atoms with van der Waals surface area (Å²) in [5.74, 6) is 0.190. The van der Waals surface area contributed by atoms with E-state index in [1.54, 1.807) is 0 Å². The molecule has 0 saturated heterocycles. The fourth-order valence-corrected chi connectivity index (χ4v) is 5.53. The van der Waals surface area contributed by atoms with Crippen LogP contribution in [0.3, 0.4) is 0 Å². The molecule has 0 radical (unpaired) electrons. The van der Waals surface area contributed by atoms with E-state index in [2.05, 4.69) is 13.8 Å². The molecule has 0 amide bonds. The summed E-state index contributed by atoms with van der Waals surface area (Å²) in [7, 11) is 0. The maximum absolute atomic E-state index is 12.6. The summed E-state index contributed by atoms with van der Waals surface area (Å²) in [5, 5.41) is 0. The van der Waals surface area contributed by atoms with Gasteiger partial charge in [-0.25, -0.2) is 0 Å². The molecule has 0 aliphatic rings. The lowest BCUT2D eigenvalue weighted by molar-refractivity contribution is -0.153. The van der Waals surface area contributed by atoms with Gasteiger partial charge in [0.05, 0.1) is 12.0 Å². The number of unbranched alkanes of at least 4 members (excludes halogenated alkanes) is 24. The highest BCUT2D eigenvalue weighted by molar-refractivity contribution is 5.72. The minimum Gasteiger partial charge on any atom is -0.463 e. The fraction of sp³-hybridized carbons (Fsp3) is 0.971. The first-order valence-corrected chi connectivity index (χ1v) is 17.3. The quantitative estimate of drug-likeness (QED) is 0.0692. The van der Waals surface area contributed by atoms with Crippen molar-refractivity contribution in [3.05, 3.63) is 0 Å². The molecular weight excluding hydrogens is 452 g/mol. The summed E-state index contributed by atoms with van der Waals surface area (Å²) in [4.78, 5) is 12.6. The molecule has 2 heteroatoms. The van der Waals surface area contributed by atoms with Gasteiger partial charge in [0.25, 0.3) is 0 Å². The van der Waals surface area contributed by atoms with E-state index in [1.165, 1.54) is 167 Å². The molecule has 0 saturated carbocycles. The Bertz CT molecular complexity index is 445. The Morgan fingerprint density at radius 3 is 0.919 bits per heavy atom. The van der Waals surface area contributed by atoms with E-state index >= 15 is 0 Å². The first-order chi connectivity index (χ1) is 18.1. The molecule has 0 aliphatic heterocycles. The van der Waals surface area contributed by atoms with Crippen molar-refractivity contribution in [3.63, 3.8) is 0 Å². The van der Waals surface area contributed by atoms with Gasteiger partial charge in [0.15, 0.2) is 0 Å². The number of ether oxygens (including phenoxy) is 1.